The maximum Gasteiger partial charge on any atom is 0.148 e. The average Bonchev–Trinajstić information content (AvgIpc) is 2.33. The monoisotopic (exact) mass is 279 g/mol. The van der Waals surface area contributed by atoms with Gasteiger partial charge in [0.1, 0.15) is 5.82 Å². The fourth-order valence-corrected chi connectivity index (χ4v) is 1.92. The van der Waals surface area contributed by atoms with E-state index in [4.69, 9.17) is 18.0 Å². The number of hydrogen-bond acceptors (Lipinski definition) is 3. The van der Waals surface area contributed by atoms with Gasteiger partial charge in [-0.2, -0.15) is 0 Å². The number of aromatic nitrogens is 1. The zero-order valence-electron chi connectivity index (χ0n) is 12.1. The van der Waals surface area contributed by atoms with Crippen LogP contribution >= 0.6 is 11.6 Å². The van der Waals surface area contributed by atoms with Gasteiger partial charge in [0.25, 0.3) is 0 Å². The van der Waals surface area contributed by atoms with Gasteiger partial charge in [-0.05, 0) is 39.3 Å². The zero-order chi connectivity index (χ0) is 14.5. The van der Waals surface area contributed by atoms with E-state index in [0.717, 1.165) is 24.5 Å². The molecular formula is C15H22ClN3. The Morgan fingerprint density at radius 1 is 1.47 bits per heavy atom. The fraction of sp³-hybridized carbons (Fsp3) is 0.533. The maximum absolute atomic E-state index is 6.29. The molecule has 0 aliphatic rings. The van der Waals surface area contributed by atoms with Crippen molar-refractivity contribution in [3.05, 3.63) is 22.8 Å². The Kier molecular flexibility index (Phi) is 5.65. The third-order valence-corrected chi connectivity index (χ3v) is 2.94. The Balaban J connectivity index is 2.82. The molecule has 1 heterocycles. The second-order valence-corrected chi connectivity index (χ2v) is 5.88. The highest BCUT2D eigenvalue weighted by Crippen LogP contribution is 2.24. The van der Waals surface area contributed by atoms with E-state index in [0.29, 0.717) is 11.6 Å². The van der Waals surface area contributed by atoms with E-state index in [2.05, 4.69) is 37.0 Å². The molecule has 0 saturated carbocycles. The summed E-state index contributed by atoms with van der Waals surface area (Å²) in [7, 11) is 0. The Morgan fingerprint density at radius 2 is 2.16 bits per heavy atom. The Labute approximate surface area is 121 Å². The third-order valence-electron chi connectivity index (χ3n) is 2.66. The standard InChI is InChI=1S/C15H22ClN3/c1-6-8-19(7-2)14-13(16)9-12(10-17-14)11-18-15(3,4)5/h1,9-10,18H,7-8,11H2,2-5H3. The van der Waals surface area contributed by atoms with E-state index >= 15 is 0 Å². The molecule has 0 aromatic carbocycles. The van der Waals surface area contributed by atoms with Gasteiger partial charge in [-0.15, -0.1) is 6.42 Å². The minimum absolute atomic E-state index is 0.0735. The highest BCUT2D eigenvalue weighted by molar-refractivity contribution is 6.33. The van der Waals surface area contributed by atoms with Crippen molar-refractivity contribution < 1.29 is 0 Å². The van der Waals surface area contributed by atoms with Crippen molar-refractivity contribution in [1.29, 1.82) is 0 Å². The molecule has 104 valence electrons. The fourth-order valence-electron chi connectivity index (χ4n) is 1.61. The molecule has 19 heavy (non-hydrogen) atoms. The molecule has 0 atom stereocenters. The molecule has 1 rings (SSSR count). The first kappa shape index (κ1) is 15.8. The summed E-state index contributed by atoms with van der Waals surface area (Å²) in [5, 5.41) is 4.05. The Bertz CT molecular complexity index is 457. The topological polar surface area (TPSA) is 28.2 Å². The Hall–Kier alpha value is -1.24. The third kappa shape index (κ3) is 5.10. The minimum Gasteiger partial charge on any atom is -0.345 e. The van der Waals surface area contributed by atoms with Crippen molar-refractivity contribution in [3.63, 3.8) is 0 Å². The second-order valence-electron chi connectivity index (χ2n) is 5.47. The van der Waals surface area contributed by atoms with Crippen LogP contribution in [0.2, 0.25) is 5.02 Å². The molecule has 0 aliphatic carbocycles. The zero-order valence-corrected chi connectivity index (χ0v) is 12.9. The van der Waals surface area contributed by atoms with Gasteiger partial charge < -0.3 is 10.2 Å². The SMILES string of the molecule is C#CCN(CC)c1ncc(CNC(C)(C)C)cc1Cl. The highest BCUT2D eigenvalue weighted by atomic mass is 35.5. The molecule has 0 aliphatic heterocycles. The number of hydrogen-bond donors (Lipinski definition) is 1. The lowest BCUT2D eigenvalue weighted by Crippen LogP contribution is -2.35. The van der Waals surface area contributed by atoms with Crippen LogP contribution < -0.4 is 10.2 Å². The summed E-state index contributed by atoms with van der Waals surface area (Å²) in [6, 6.07) is 1.95. The molecule has 0 amide bonds. The van der Waals surface area contributed by atoms with E-state index in [9.17, 15) is 0 Å². The predicted octanol–water partition coefficient (Wildman–Crippen LogP) is 3.08. The number of rotatable bonds is 5. The molecule has 1 N–H and O–H groups in total. The largest absolute Gasteiger partial charge is 0.345 e. The van der Waals surface area contributed by atoms with Crippen molar-refractivity contribution >= 4 is 17.4 Å². The molecule has 1 aromatic heterocycles. The van der Waals surface area contributed by atoms with E-state index in [1.807, 2.05) is 24.1 Å². The van der Waals surface area contributed by atoms with Crippen LogP contribution in [0.15, 0.2) is 12.3 Å². The molecular weight excluding hydrogens is 258 g/mol. The van der Waals surface area contributed by atoms with Crippen LogP contribution in [0.1, 0.15) is 33.3 Å². The van der Waals surface area contributed by atoms with Crippen molar-refractivity contribution in [2.75, 3.05) is 18.0 Å². The van der Waals surface area contributed by atoms with E-state index in [1.165, 1.54) is 0 Å². The van der Waals surface area contributed by atoms with Crippen molar-refractivity contribution in [2.24, 2.45) is 0 Å². The first-order chi connectivity index (χ1) is 8.87. The Morgan fingerprint density at radius 3 is 2.63 bits per heavy atom. The number of anilines is 1. The van der Waals surface area contributed by atoms with Crippen LogP contribution in [-0.4, -0.2) is 23.6 Å². The first-order valence-corrected chi connectivity index (χ1v) is 6.83. The van der Waals surface area contributed by atoms with Gasteiger partial charge in [0.2, 0.25) is 0 Å². The predicted molar refractivity (Wildman–Crippen MR) is 82.6 cm³/mol. The lowest BCUT2D eigenvalue weighted by Gasteiger charge is -2.22. The van der Waals surface area contributed by atoms with E-state index < -0.39 is 0 Å². The highest BCUT2D eigenvalue weighted by Gasteiger charge is 2.12. The van der Waals surface area contributed by atoms with Crippen LogP contribution in [0.5, 0.6) is 0 Å². The molecule has 0 radical (unpaired) electrons. The van der Waals surface area contributed by atoms with Gasteiger partial charge >= 0.3 is 0 Å². The number of terminal acetylenes is 1. The average molecular weight is 280 g/mol. The minimum atomic E-state index is 0.0735. The van der Waals surface area contributed by atoms with Crippen molar-refractivity contribution in [3.8, 4) is 12.3 Å². The quantitative estimate of drug-likeness (QED) is 0.840. The lowest BCUT2D eigenvalue weighted by molar-refractivity contribution is 0.424. The van der Waals surface area contributed by atoms with Gasteiger partial charge in [-0.25, -0.2) is 4.98 Å². The molecule has 0 fully saturated rings. The summed E-state index contributed by atoms with van der Waals surface area (Å²) in [5.41, 5.74) is 1.14. The smallest absolute Gasteiger partial charge is 0.148 e. The summed E-state index contributed by atoms with van der Waals surface area (Å²) < 4.78 is 0. The van der Waals surface area contributed by atoms with Gasteiger partial charge in [-0.3, -0.25) is 0 Å². The summed E-state index contributed by atoms with van der Waals surface area (Å²) in [6.07, 6.45) is 7.19. The van der Waals surface area contributed by atoms with Crippen LogP contribution in [0.4, 0.5) is 5.82 Å². The van der Waals surface area contributed by atoms with Crippen molar-refractivity contribution in [2.45, 2.75) is 39.8 Å². The van der Waals surface area contributed by atoms with Gasteiger partial charge in [0.15, 0.2) is 0 Å². The number of halogens is 1. The number of nitrogens with zero attached hydrogens (tertiary/aromatic N) is 2. The van der Waals surface area contributed by atoms with Gasteiger partial charge in [0.05, 0.1) is 11.6 Å². The van der Waals surface area contributed by atoms with Crippen LogP contribution in [0.25, 0.3) is 0 Å². The van der Waals surface area contributed by atoms with Crippen molar-refractivity contribution in [1.82, 2.24) is 10.3 Å². The van der Waals surface area contributed by atoms with Crippen LogP contribution in [-0.2, 0) is 6.54 Å². The van der Waals surface area contributed by atoms with Crippen LogP contribution in [0, 0.1) is 12.3 Å². The maximum atomic E-state index is 6.29. The molecule has 0 unspecified atom stereocenters. The van der Waals surface area contributed by atoms with E-state index in [-0.39, 0.29) is 5.54 Å². The van der Waals surface area contributed by atoms with Crippen LogP contribution in [0.3, 0.4) is 0 Å². The molecule has 0 bridgehead atoms. The molecule has 0 spiro atoms. The summed E-state index contributed by atoms with van der Waals surface area (Å²) >= 11 is 6.29. The number of pyridine rings is 1. The molecule has 3 nitrogen and oxygen atoms in total. The number of nitrogens with one attached hydrogen (secondary N) is 1. The summed E-state index contributed by atoms with van der Waals surface area (Å²) in [6.45, 7) is 10.5. The van der Waals surface area contributed by atoms with E-state index in [1.54, 1.807) is 0 Å². The molecule has 4 heteroatoms. The summed E-state index contributed by atoms with van der Waals surface area (Å²) in [5.74, 6) is 3.37. The van der Waals surface area contributed by atoms with Gasteiger partial charge in [0, 0.05) is 24.8 Å². The lowest BCUT2D eigenvalue weighted by atomic mass is 10.1. The second kappa shape index (κ2) is 6.79. The molecule has 1 aromatic rings. The molecule has 0 saturated heterocycles. The summed E-state index contributed by atoms with van der Waals surface area (Å²) in [4.78, 5) is 6.40. The normalized spacial score (nSPS) is 11.2. The first-order valence-electron chi connectivity index (χ1n) is 6.45. The van der Waals surface area contributed by atoms with Gasteiger partial charge in [-0.1, -0.05) is 17.5 Å².